The molecule has 0 heterocycles. The van der Waals surface area contributed by atoms with Crippen molar-refractivity contribution in [1.82, 2.24) is 0 Å². The minimum Gasteiger partial charge on any atom is -0.496 e. The molecule has 0 spiro atoms. The van der Waals surface area contributed by atoms with E-state index < -0.39 is 11.9 Å². The molecule has 0 bridgehead atoms. The Morgan fingerprint density at radius 1 is 0.667 bits per heavy atom. The van der Waals surface area contributed by atoms with Gasteiger partial charge in [-0.05, 0) is 18.2 Å². The van der Waals surface area contributed by atoms with Crippen LogP contribution in [0.5, 0.6) is 28.7 Å². The van der Waals surface area contributed by atoms with Crippen LogP contribution in [0.4, 0.5) is 0 Å². The van der Waals surface area contributed by atoms with Gasteiger partial charge in [-0.25, -0.2) is 9.59 Å². The van der Waals surface area contributed by atoms with E-state index >= 15 is 0 Å². The Bertz CT molecular complexity index is 844. The van der Waals surface area contributed by atoms with Gasteiger partial charge in [0.25, 0.3) is 0 Å². The minimum absolute atomic E-state index is 0.146. The zero-order valence-electron chi connectivity index (χ0n) is 15.7. The Balaban J connectivity index is 2.45. The van der Waals surface area contributed by atoms with Crippen LogP contribution in [-0.4, -0.2) is 47.5 Å². The van der Waals surface area contributed by atoms with E-state index in [-0.39, 0.29) is 22.6 Å². The Hall–Kier alpha value is -3.42. The molecule has 0 aliphatic heterocycles. The number of hydrogen-bond donors (Lipinski definition) is 0. The molecule has 8 nitrogen and oxygen atoms in total. The average molecular weight is 376 g/mol. The zero-order chi connectivity index (χ0) is 20.0. The van der Waals surface area contributed by atoms with Gasteiger partial charge in [0, 0.05) is 12.1 Å². The van der Waals surface area contributed by atoms with Crippen LogP contribution in [0.15, 0.2) is 30.3 Å². The Morgan fingerprint density at radius 2 is 1.26 bits per heavy atom. The molecular weight excluding hydrogens is 356 g/mol. The highest BCUT2D eigenvalue weighted by Gasteiger charge is 2.20. The maximum atomic E-state index is 12.0. The Labute approximate surface area is 156 Å². The van der Waals surface area contributed by atoms with Crippen LogP contribution < -0.4 is 18.9 Å². The third-order valence-electron chi connectivity index (χ3n) is 3.67. The number of methoxy groups -OCH3 is 5. The second-order valence-electron chi connectivity index (χ2n) is 5.15. The zero-order valence-corrected chi connectivity index (χ0v) is 15.7. The van der Waals surface area contributed by atoms with Gasteiger partial charge < -0.3 is 28.4 Å². The largest absolute Gasteiger partial charge is 0.496 e. The van der Waals surface area contributed by atoms with Crippen molar-refractivity contribution in [3.63, 3.8) is 0 Å². The van der Waals surface area contributed by atoms with Gasteiger partial charge in [-0.2, -0.15) is 0 Å². The molecule has 0 saturated heterocycles. The third kappa shape index (κ3) is 4.22. The van der Waals surface area contributed by atoms with Crippen molar-refractivity contribution in [2.24, 2.45) is 0 Å². The van der Waals surface area contributed by atoms with E-state index in [4.69, 9.17) is 28.4 Å². The summed E-state index contributed by atoms with van der Waals surface area (Å²) < 4.78 is 31.0. The smallest absolute Gasteiger partial charge is 0.341 e. The maximum absolute atomic E-state index is 12.0. The summed E-state index contributed by atoms with van der Waals surface area (Å²) in [6.45, 7) is 0. The first kappa shape index (κ1) is 19.9. The van der Waals surface area contributed by atoms with E-state index in [0.717, 1.165) is 0 Å². The lowest BCUT2D eigenvalue weighted by molar-refractivity contribution is 0.0587. The van der Waals surface area contributed by atoms with E-state index in [1.54, 1.807) is 12.1 Å². The van der Waals surface area contributed by atoms with Crippen LogP contribution in [-0.2, 0) is 9.47 Å². The first-order chi connectivity index (χ1) is 13.0. The predicted molar refractivity (Wildman–Crippen MR) is 95.3 cm³/mol. The van der Waals surface area contributed by atoms with Gasteiger partial charge in [0.05, 0.1) is 35.5 Å². The van der Waals surface area contributed by atoms with Crippen molar-refractivity contribution < 1.29 is 38.0 Å². The van der Waals surface area contributed by atoms with Crippen molar-refractivity contribution in [1.29, 1.82) is 0 Å². The summed E-state index contributed by atoms with van der Waals surface area (Å²) in [5, 5.41) is 0. The lowest BCUT2D eigenvalue weighted by Gasteiger charge is -2.15. The molecule has 0 atom stereocenters. The quantitative estimate of drug-likeness (QED) is 0.681. The fourth-order valence-corrected chi connectivity index (χ4v) is 2.41. The molecule has 0 radical (unpaired) electrons. The number of esters is 2. The van der Waals surface area contributed by atoms with Crippen molar-refractivity contribution in [3.8, 4) is 28.7 Å². The molecule has 0 saturated carbocycles. The molecule has 27 heavy (non-hydrogen) atoms. The predicted octanol–water partition coefficient (Wildman–Crippen LogP) is 3.08. The van der Waals surface area contributed by atoms with Crippen LogP contribution in [0, 0.1) is 0 Å². The lowest BCUT2D eigenvalue weighted by Crippen LogP contribution is -2.06. The molecule has 0 amide bonds. The molecule has 0 fully saturated rings. The molecule has 0 aliphatic rings. The standard InChI is InChI=1S/C19H20O8/c1-22-15-9-11(6-7-13(15)18(20)25-4)27-12-8-14(19(21)26-5)17(24-3)16(10-12)23-2/h6-10H,1-5H3. The SMILES string of the molecule is COC(=O)c1ccc(Oc2cc(OC)c(OC)c(C(=O)OC)c2)cc1OC. The highest BCUT2D eigenvalue weighted by Crippen LogP contribution is 2.38. The van der Waals surface area contributed by atoms with Crippen molar-refractivity contribution >= 4 is 11.9 Å². The van der Waals surface area contributed by atoms with Crippen molar-refractivity contribution in [2.75, 3.05) is 35.5 Å². The molecule has 0 unspecified atom stereocenters. The summed E-state index contributed by atoms with van der Waals surface area (Å²) >= 11 is 0. The molecular formula is C19H20O8. The van der Waals surface area contributed by atoms with Crippen LogP contribution >= 0.6 is 0 Å². The lowest BCUT2D eigenvalue weighted by atomic mass is 10.1. The molecule has 2 aromatic rings. The highest BCUT2D eigenvalue weighted by molar-refractivity contribution is 5.94. The van der Waals surface area contributed by atoms with Gasteiger partial charge in [-0.1, -0.05) is 0 Å². The normalized spacial score (nSPS) is 9.96. The van der Waals surface area contributed by atoms with Crippen LogP contribution in [0.25, 0.3) is 0 Å². The summed E-state index contributed by atoms with van der Waals surface area (Å²) in [5.41, 5.74) is 0.405. The van der Waals surface area contributed by atoms with E-state index in [1.165, 1.54) is 53.7 Å². The fourth-order valence-electron chi connectivity index (χ4n) is 2.41. The van der Waals surface area contributed by atoms with Crippen LogP contribution in [0.1, 0.15) is 20.7 Å². The first-order valence-electron chi connectivity index (χ1n) is 7.77. The van der Waals surface area contributed by atoms with E-state index in [2.05, 4.69) is 0 Å². The van der Waals surface area contributed by atoms with Crippen LogP contribution in [0.3, 0.4) is 0 Å². The summed E-state index contributed by atoms with van der Waals surface area (Å²) in [6.07, 6.45) is 0. The fraction of sp³-hybridized carbons (Fsp3) is 0.263. The molecule has 144 valence electrons. The second-order valence-corrected chi connectivity index (χ2v) is 5.15. The maximum Gasteiger partial charge on any atom is 0.341 e. The van der Waals surface area contributed by atoms with E-state index in [0.29, 0.717) is 17.2 Å². The van der Waals surface area contributed by atoms with Gasteiger partial charge in [0.15, 0.2) is 11.5 Å². The molecule has 8 heteroatoms. The van der Waals surface area contributed by atoms with Gasteiger partial charge >= 0.3 is 11.9 Å². The number of hydrogen-bond acceptors (Lipinski definition) is 8. The minimum atomic E-state index is -0.603. The summed E-state index contributed by atoms with van der Waals surface area (Å²) in [6, 6.07) is 7.64. The van der Waals surface area contributed by atoms with E-state index in [1.807, 2.05) is 0 Å². The van der Waals surface area contributed by atoms with Crippen molar-refractivity contribution in [3.05, 3.63) is 41.5 Å². The number of benzene rings is 2. The Morgan fingerprint density at radius 3 is 1.81 bits per heavy atom. The number of rotatable bonds is 7. The number of carbonyl (C=O) groups is 2. The van der Waals surface area contributed by atoms with Crippen molar-refractivity contribution in [2.45, 2.75) is 0 Å². The highest BCUT2D eigenvalue weighted by atomic mass is 16.5. The third-order valence-corrected chi connectivity index (χ3v) is 3.67. The number of ether oxygens (including phenoxy) is 6. The van der Waals surface area contributed by atoms with Gasteiger partial charge in [0.2, 0.25) is 0 Å². The Kier molecular flexibility index (Phi) is 6.48. The van der Waals surface area contributed by atoms with Gasteiger partial charge in [-0.15, -0.1) is 0 Å². The summed E-state index contributed by atoms with van der Waals surface area (Å²) in [7, 11) is 6.83. The molecule has 2 rings (SSSR count). The molecule has 0 aliphatic carbocycles. The second kappa shape index (κ2) is 8.79. The molecule has 0 aromatic heterocycles. The monoisotopic (exact) mass is 376 g/mol. The van der Waals surface area contributed by atoms with Gasteiger partial charge in [-0.3, -0.25) is 0 Å². The topological polar surface area (TPSA) is 89.5 Å². The number of carbonyl (C=O) groups excluding carboxylic acids is 2. The first-order valence-corrected chi connectivity index (χ1v) is 7.77. The molecule has 0 N–H and O–H groups in total. The molecule has 2 aromatic carbocycles. The van der Waals surface area contributed by atoms with Crippen LogP contribution in [0.2, 0.25) is 0 Å². The average Bonchev–Trinajstić information content (AvgIpc) is 2.71. The van der Waals surface area contributed by atoms with E-state index in [9.17, 15) is 9.59 Å². The summed E-state index contributed by atoms with van der Waals surface area (Å²) in [5.74, 6) is 0.368. The van der Waals surface area contributed by atoms with Gasteiger partial charge in [0.1, 0.15) is 28.4 Å². The summed E-state index contributed by atoms with van der Waals surface area (Å²) in [4.78, 5) is 23.8.